The molecular formula is C20H36O. The van der Waals surface area contributed by atoms with Crippen molar-refractivity contribution in [2.45, 2.75) is 90.6 Å². The Morgan fingerprint density at radius 3 is 2.14 bits per heavy atom. The predicted molar refractivity (Wildman–Crippen MR) is 91.5 cm³/mol. The van der Waals surface area contributed by atoms with Crippen LogP contribution >= 0.6 is 0 Å². The second kappa shape index (κ2) is 9.66. The van der Waals surface area contributed by atoms with Gasteiger partial charge in [0.2, 0.25) is 0 Å². The van der Waals surface area contributed by atoms with E-state index < -0.39 is 0 Å². The van der Waals surface area contributed by atoms with Crippen molar-refractivity contribution >= 4 is 0 Å². The van der Waals surface area contributed by atoms with Gasteiger partial charge >= 0.3 is 0 Å². The monoisotopic (exact) mass is 292 g/mol. The Hall–Kier alpha value is -0.300. The Kier molecular flexibility index (Phi) is 7.85. The Labute approximate surface area is 132 Å². The summed E-state index contributed by atoms with van der Waals surface area (Å²) < 4.78 is 6.06. The van der Waals surface area contributed by atoms with Crippen molar-refractivity contribution in [1.82, 2.24) is 0 Å². The van der Waals surface area contributed by atoms with Crippen molar-refractivity contribution in [3.05, 3.63) is 12.2 Å². The molecule has 0 heterocycles. The van der Waals surface area contributed by atoms with Gasteiger partial charge in [0.25, 0.3) is 0 Å². The lowest BCUT2D eigenvalue weighted by Crippen LogP contribution is -2.21. The summed E-state index contributed by atoms with van der Waals surface area (Å²) in [7, 11) is 0. The first-order valence-corrected chi connectivity index (χ1v) is 9.60. The maximum absolute atomic E-state index is 6.06. The molecule has 2 rings (SSSR count). The number of allylic oxidation sites excluding steroid dienone is 1. The van der Waals surface area contributed by atoms with Crippen LogP contribution in [0.15, 0.2) is 12.2 Å². The maximum atomic E-state index is 6.06. The summed E-state index contributed by atoms with van der Waals surface area (Å²) in [4.78, 5) is 0. The minimum Gasteiger partial charge on any atom is -0.374 e. The Bertz CT molecular complexity index is 280. The molecule has 0 bridgehead atoms. The third-order valence-electron chi connectivity index (χ3n) is 5.80. The molecule has 0 N–H and O–H groups in total. The zero-order valence-electron chi connectivity index (χ0n) is 14.4. The van der Waals surface area contributed by atoms with Crippen molar-refractivity contribution in [2.75, 3.05) is 6.61 Å². The lowest BCUT2D eigenvalue weighted by Gasteiger charge is -2.28. The van der Waals surface area contributed by atoms with E-state index in [1.807, 2.05) is 0 Å². The van der Waals surface area contributed by atoms with Crippen molar-refractivity contribution in [1.29, 1.82) is 0 Å². The molecule has 1 nitrogen and oxygen atoms in total. The van der Waals surface area contributed by atoms with Crippen LogP contribution in [-0.4, -0.2) is 12.7 Å². The fourth-order valence-corrected chi connectivity index (χ4v) is 4.22. The number of rotatable bonds is 7. The van der Waals surface area contributed by atoms with Gasteiger partial charge in [-0.05, 0) is 69.1 Å². The second-order valence-electron chi connectivity index (χ2n) is 7.38. The predicted octanol–water partition coefficient (Wildman–Crippen LogP) is 6.13. The average molecular weight is 293 g/mol. The fourth-order valence-electron chi connectivity index (χ4n) is 4.22. The zero-order chi connectivity index (χ0) is 14.9. The van der Waals surface area contributed by atoms with Crippen LogP contribution in [0.2, 0.25) is 0 Å². The molecule has 0 aromatic rings. The molecule has 2 fully saturated rings. The SMILES string of the molecule is CCCC1CCC(OCC=CC2CCC(CC)CC2)CC1. The molecule has 0 atom stereocenters. The molecule has 2 aliphatic carbocycles. The first kappa shape index (κ1) is 17.1. The van der Waals surface area contributed by atoms with Gasteiger partial charge in [0.05, 0.1) is 12.7 Å². The van der Waals surface area contributed by atoms with Crippen LogP contribution in [0.5, 0.6) is 0 Å². The van der Waals surface area contributed by atoms with Crippen LogP contribution in [0.3, 0.4) is 0 Å². The van der Waals surface area contributed by atoms with Crippen LogP contribution in [0.1, 0.15) is 84.5 Å². The summed E-state index contributed by atoms with van der Waals surface area (Å²) in [5, 5.41) is 0. The smallest absolute Gasteiger partial charge is 0.0651 e. The Balaban J connectivity index is 1.54. The summed E-state index contributed by atoms with van der Waals surface area (Å²) >= 11 is 0. The summed E-state index contributed by atoms with van der Waals surface area (Å²) in [5.74, 6) is 2.82. The van der Waals surface area contributed by atoms with Gasteiger partial charge in [-0.1, -0.05) is 45.3 Å². The Morgan fingerprint density at radius 2 is 1.52 bits per heavy atom. The van der Waals surface area contributed by atoms with Gasteiger partial charge < -0.3 is 4.74 Å². The number of ether oxygens (including phenoxy) is 1. The molecule has 2 saturated carbocycles. The lowest BCUT2D eigenvalue weighted by atomic mass is 9.81. The van der Waals surface area contributed by atoms with Gasteiger partial charge in [-0.25, -0.2) is 0 Å². The largest absolute Gasteiger partial charge is 0.374 e. The molecule has 2 aliphatic rings. The zero-order valence-corrected chi connectivity index (χ0v) is 14.4. The highest BCUT2D eigenvalue weighted by atomic mass is 16.5. The molecule has 21 heavy (non-hydrogen) atoms. The third kappa shape index (κ3) is 6.14. The molecule has 0 amide bonds. The molecule has 0 saturated heterocycles. The van der Waals surface area contributed by atoms with Crippen LogP contribution in [0.4, 0.5) is 0 Å². The van der Waals surface area contributed by atoms with E-state index in [9.17, 15) is 0 Å². The van der Waals surface area contributed by atoms with E-state index in [1.165, 1.54) is 70.6 Å². The van der Waals surface area contributed by atoms with E-state index in [2.05, 4.69) is 26.0 Å². The molecule has 122 valence electrons. The average Bonchev–Trinajstić information content (AvgIpc) is 2.54. The van der Waals surface area contributed by atoms with E-state index in [0.717, 1.165) is 24.4 Å². The third-order valence-corrected chi connectivity index (χ3v) is 5.80. The summed E-state index contributed by atoms with van der Waals surface area (Å²) in [6.07, 6.45) is 20.5. The quantitative estimate of drug-likeness (QED) is 0.512. The summed E-state index contributed by atoms with van der Waals surface area (Å²) in [5.41, 5.74) is 0. The van der Waals surface area contributed by atoms with Gasteiger partial charge in [0.1, 0.15) is 0 Å². The summed E-state index contributed by atoms with van der Waals surface area (Å²) in [6.45, 7) is 5.49. The topological polar surface area (TPSA) is 9.23 Å². The highest BCUT2D eigenvalue weighted by Gasteiger charge is 2.21. The van der Waals surface area contributed by atoms with Crippen molar-refractivity contribution in [3.63, 3.8) is 0 Å². The van der Waals surface area contributed by atoms with E-state index >= 15 is 0 Å². The van der Waals surface area contributed by atoms with Gasteiger partial charge in [-0.3, -0.25) is 0 Å². The highest BCUT2D eigenvalue weighted by Crippen LogP contribution is 2.31. The van der Waals surface area contributed by atoms with Crippen molar-refractivity contribution in [2.24, 2.45) is 17.8 Å². The van der Waals surface area contributed by atoms with Gasteiger partial charge in [0, 0.05) is 0 Å². The van der Waals surface area contributed by atoms with E-state index in [-0.39, 0.29) is 0 Å². The minimum absolute atomic E-state index is 0.540. The number of hydrogen-bond donors (Lipinski definition) is 0. The second-order valence-corrected chi connectivity index (χ2v) is 7.38. The minimum atomic E-state index is 0.540. The summed E-state index contributed by atoms with van der Waals surface area (Å²) in [6, 6.07) is 0. The van der Waals surface area contributed by atoms with Crippen molar-refractivity contribution < 1.29 is 4.74 Å². The standard InChI is InChI=1S/C20H36O/c1-3-6-18-12-14-20(15-13-18)21-16-5-7-19-10-8-17(4-2)9-11-19/h5,7,17-20H,3-4,6,8-16H2,1-2H3. The van der Waals surface area contributed by atoms with Crippen LogP contribution in [0.25, 0.3) is 0 Å². The maximum Gasteiger partial charge on any atom is 0.0651 e. The molecule has 0 spiro atoms. The van der Waals surface area contributed by atoms with Crippen LogP contribution < -0.4 is 0 Å². The van der Waals surface area contributed by atoms with E-state index in [4.69, 9.17) is 4.74 Å². The highest BCUT2D eigenvalue weighted by molar-refractivity contribution is 4.91. The van der Waals surface area contributed by atoms with Crippen LogP contribution in [0, 0.1) is 17.8 Å². The normalized spacial score (nSPS) is 34.4. The van der Waals surface area contributed by atoms with E-state index in [0.29, 0.717) is 6.10 Å². The molecule has 0 aliphatic heterocycles. The fraction of sp³-hybridized carbons (Fsp3) is 0.900. The molecular weight excluding hydrogens is 256 g/mol. The lowest BCUT2D eigenvalue weighted by molar-refractivity contribution is 0.0333. The van der Waals surface area contributed by atoms with Gasteiger partial charge in [0.15, 0.2) is 0 Å². The molecule has 1 heteroatoms. The Morgan fingerprint density at radius 1 is 0.857 bits per heavy atom. The molecule has 0 aromatic carbocycles. The molecule has 0 unspecified atom stereocenters. The first-order chi connectivity index (χ1) is 10.3. The van der Waals surface area contributed by atoms with Gasteiger partial charge in [-0.2, -0.15) is 0 Å². The van der Waals surface area contributed by atoms with E-state index in [1.54, 1.807) is 0 Å². The van der Waals surface area contributed by atoms with Crippen molar-refractivity contribution in [3.8, 4) is 0 Å². The molecule has 0 aromatic heterocycles. The first-order valence-electron chi connectivity index (χ1n) is 9.60. The molecule has 0 radical (unpaired) electrons. The number of hydrogen-bond acceptors (Lipinski definition) is 1. The van der Waals surface area contributed by atoms with Crippen LogP contribution in [-0.2, 0) is 4.74 Å². The van der Waals surface area contributed by atoms with Gasteiger partial charge in [-0.15, -0.1) is 0 Å².